The normalized spacial score (nSPS) is 10.7. The van der Waals surface area contributed by atoms with E-state index < -0.39 is 0 Å². The number of benzene rings is 2. The van der Waals surface area contributed by atoms with Crippen LogP contribution in [0.15, 0.2) is 65.8 Å². The van der Waals surface area contributed by atoms with Gasteiger partial charge in [-0.3, -0.25) is 14.4 Å². The number of rotatable bonds is 8. The van der Waals surface area contributed by atoms with Crippen LogP contribution >= 0.6 is 0 Å². The molecule has 0 saturated heterocycles. The van der Waals surface area contributed by atoms with Gasteiger partial charge in [0.2, 0.25) is 5.91 Å². The van der Waals surface area contributed by atoms with Crippen molar-refractivity contribution in [3.05, 3.63) is 77.0 Å². The second-order valence-electron chi connectivity index (χ2n) is 7.18. The molecule has 10 heteroatoms. The summed E-state index contributed by atoms with van der Waals surface area (Å²) in [7, 11) is 1.56. The Bertz CT molecular complexity index is 1340. The largest absolute Gasteiger partial charge is 0.497 e. The molecule has 0 fully saturated rings. The molecule has 0 spiro atoms. The lowest BCUT2D eigenvalue weighted by Crippen LogP contribution is -2.25. The van der Waals surface area contributed by atoms with Gasteiger partial charge in [0.15, 0.2) is 5.65 Å². The van der Waals surface area contributed by atoms with E-state index in [9.17, 15) is 14.4 Å². The average molecular weight is 446 g/mol. The van der Waals surface area contributed by atoms with E-state index in [1.54, 1.807) is 55.6 Å². The van der Waals surface area contributed by atoms with Gasteiger partial charge in [0.1, 0.15) is 11.1 Å². The van der Waals surface area contributed by atoms with E-state index in [2.05, 4.69) is 25.7 Å². The minimum absolute atomic E-state index is 0.205. The highest BCUT2D eigenvalue weighted by atomic mass is 16.5. The second-order valence-corrected chi connectivity index (χ2v) is 7.18. The Hall–Kier alpha value is -4.47. The molecule has 0 saturated carbocycles. The molecule has 4 aromatic rings. The molecule has 0 unspecified atom stereocenters. The van der Waals surface area contributed by atoms with Crippen molar-refractivity contribution in [1.29, 1.82) is 0 Å². The number of ether oxygens (including phenoxy) is 1. The molecular formula is C23H22N6O4. The van der Waals surface area contributed by atoms with Crippen molar-refractivity contribution in [3.8, 4) is 11.4 Å². The van der Waals surface area contributed by atoms with Crippen molar-refractivity contribution >= 4 is 28.5 Å². The van der Waals surface area contributed by atoms with E-state index in [0.29, 0.717) is 46.7 Å². The molecule has 0 aliphatic heterocycles. The van der Waals surface area contributed by atoms with Crippen LogP contribution in [0.2, 0.25) is 0 Å². The number of nitrogens with zero attached hydrogens (tertiary/aromatic N) is 3. The maximum absolute atomic E-state index is 12.5. The number of nitrogens with one attached hydrogen (secondary N) is 3. The highest BCUT2D eigenvalue weighted by Crippen LogP contribution is 2.22. The summed E-state index contributed by atoms with van der Waals surface area (Å²) in [6, 6.07) is 13.9. The van der Waals surface area contributed by atoms with Crippen molar-refractivity contribution in [2.45, 2.75) is 12.8 Å². The summed E-state index contributed by atoms with van der Waals surface area (Å²) < 4.78 is 6.59. The molecule has 2 aromatic carbocycles. The van der Waals surface area contributed by atoms with Crippen LogP contribution in [0.4, 0.5) is 5.69 Å². The van der Waals surface area contributed by atoms with Crippen LogP contribution in [-0.2, 0) is 4.79 Å². The lowest BCUT2D eigenvalue weighted by atomic mass is 10.2. The predicted octanol–water partition coefficient (Wildman–Crippen LogP) is 2.27. The minimum atomic E-state index is -0.288. The molecule has 168 valence electrons. The van der Waals surface area contributed by atoms with Crippen molar-refractivity contribution in [1.82, 2.24) is 25.1 Å². The lowest BCUT2D eigenvalue weighted by molar-refractivity contribution is -0.116. The zero-order valence-corrected chi connectivity index (χ0v) is 17.9. The maximum Gasteiger partial charge on any atom is 0.261 e. The van der Waals surface area contributed by atoms with Crippen LogP contribution in [0, 0.1) is 0 Å². The standard InChI is InChI=1S/C23H22N6O4/c1-33-16-10-8-15(9-11-16)22(31)24-12-4-7-20(30)28-18-5-2-3-6-19(18)29-21-17(13-27-29)23(32)26-14-25-21/h2-3,5-6,8-11,13-14H,4,7,12H2,1H3,(H,24,31)(H,28,30)(H,25,26,32). The number of H-pyrrole nitrogens is 1. The molecule has 2 aromatic heterocycles. The summed E-state index contributed by atoms with van der Waals surface area (Å²) in [4.78, 5) is 43.3. The number of carbonyl (C=O) groups is 2. The van der Waals surface area contributed by atoms with E-state index in [1.165, 1.54) is 17.2 Å². The third kappa shape index (κ3) is 4.90. The number of hydrogen-bond donors (Lipinski definition) is 3. The monoisotopic (exact) mass is 446 g/mol. The zero-order chi connectivity index (χ0) is 23.2. The van der Waals surface area contributed by atoms with Crippen molar-refractivity contribution in [2.75, 3.05) is 19.0 Å². The van der Waals surface area contributed by atoms with Crippen molar-refractivity contribution in [2.24, 2.45) is 0 Å². The Morgan fingerprint density at radius 2 is 1.91 bits per heavy atom. The molecule has 0 aliphatic carbocycles. The molecule has 2 heterocycles. The first-order valence-corrected chi connectivity index (χ1v) is 10.3. The van der Waals surface area contributed by atoms with Crippen LogP contribution < -0.4 is 20.9 Å². The van der Waals surface area contributed by atoms with Gasteiger partial charge in [0.05, 0.1) is 31.0 Å². The molecule has 4 rings (SSSR count). The van der Waals surface area contributed by atoms with Gasteiger partial charge in [-0.15, -0.1) is 0 Å². The molecule has 0 atom stereocenters. The first-order chi connectivity index (χ1) is 16.1. The molecule has 2 amide bonds. The number of anilines is 1. The summed E-state index contributed by atoms with van der Waals surface area (Å²) in [6.45, 7) is 0.358. The number of hydrogen-bond acceptors (Lipinski definition) is 6. The summed E-state index contributed by atoms with van der Waals surface area (Å²) in [5.41, 5.74) is 1.75. The molecule has 33 heavy (non-hydrogen) atoms. The Balaban J connectivity index is 1.35. The fraction of sp³-hybridized carbons (Fsp3) is 0.174. The molecular weight excluding hydrogens is 424 g/mol. The molecule has 0 radical (unpaired) electrons. The first kappa shape index (κ1) is 21.8. The van der Waals surface area contributed by atoms with Gasteiger partial charge < -0.3 is 20.4 Å². The van der Waals surface area contributed by atoms with E-state index in [-0.39, 0.29) is 23.8 Å². The van der Waals surface area contributed by atoms with Crippen LogP contribution in [0.25, 0.3) is 16.7 Å². The highest BCUT2D eigenvalue weighted by molar-refractivity contribution is 5.95. The average Bonchev–Trinajstić information content (AvgIpc) is 3.27. The predicted molar refractivity (Wildman–Crippen MR) is 123 cm³/mol. The number of fused-ring (bicyclic) bond motifs is 1. The highest BCUT2D eigenvalue weighted by Gasteiger charge is 2.14. The van der Waals surface area contributed by atoms with Gasteiger partial charge in [-0.05, 0) is 42.8 Å². The van der Waals surface area contributed by atoms with Crippen molar-refractivity contribution in [3.63, 3.8) is 0 Å². The van der Waals surface area contributed by atoms with Gasteiger partial charge in [-0.1, -0.05) is 12.1 Å². The Kier molecular flexibility index (Phi) is 6.44. The van der Waals surface area contributed by atoms with E-state index >= 15 is 0 Å². The number of aromatic amines is 1. The van der Waals surface area contributed by atoms with E-state index in [1.807, 2.05) is 0 Å². The van der Waals surface area contributed by atoms with Gasteiger partial charge in [0, 0.05) is 18.5 Å². The molecule has 0 aliphatic rings. The van der Waals surface area contributed by atoms with Crippen LogP contribution in [0.5, 0.6) is 5.75 Å². The SMILES string of the molecule is COc1ccc(C(=O)NCCCC(=O)Nc2ccccc2-n2ncc3c(=O)[nH]cnc32)cc1. The number of amides is 2. The van der Waals surface area contributed by atoms with Gasteiger partial charge in [0.25, 0.3) is 11.5 Å². The summed E-state index contributed by atoms with van der Waals surface area (Å²) in [5, 5.41) is 10.3. The summed E-state index contributed by atoms with van der Waals surface area (Å²) in [6.07, 6.45) is 3.43. The number of methoxy groups -OCH3 is 1. The molecule has 10 nitrogen and oxygen atoms in total. The van der Waals surface area contributed by atoms with Gasteiger partial charge >= 0.3 is 0 Å². The Morgan fingerprint density at radius 3 is 2.70 bits per heavy atom. The molecule has 0 bridgehead atoms. The number of aromatic nitrogens is 4. The van der Waals surface area contributed by atoms with Crippen LogP contribution in [0.1, 0.15) is 23.2 Å². The van der Waals surface area contributed by atoms with E-state index in [4.69, 9.17) is 4.74 Å². The third-order valence-corrected chi connectivity index (χ3v) is 5.00. The van der Waals surface area contributed by atoms with Crippen LogP contribution in [-0.4, -0.2) is 45.2 Å². The van der Waals surface area contributed by atoms with Crippen LogP contribution in [0.3, 0.4) is 0 Å². The zero-order valence-electron chi connectivity index (χ0n) is 17.9. The van der Waals surface area contributed by atoms with Gasteiger partial charge in [-0.25, -0.2) is 9.67 Å². The number of para-hydroxylation sites is 2. The smallest absolute Gasteiger partial charge is 0.261 e. The Morgan fingerprint density at radius 1 is 1.12 bits per heavy atom. The fourth-order valence-corrected chi connectivity index (χ4v) is 3.30. The topological polar surface area (TPSA) is 131 Å². The maximum atomic E-state index is 12.5. The second kappa shape index (κ2) is 9.77. The fourth-order valence-electron chi connectivity index (χ4n) is 3.30. The van der Waals surface area contributed by atoms with E-state index in [0.717, 1.165) is 0 Å². The van der Waals surface area contributed by atoms with Crippen molar-refractivity contribution < 1.29 is 14.3 Å². The first-order valence-electron chi connectivity index (χ1n) is 10.3. The van der Waals surface area contributed by atoms with Gasteiger partial charge in [-0.2, -0.15) is 5.10 Å². The summed E-state index contributed by atoms with van der Waals surface area (Å²) >= 11 is 0. The minimum Gasteiger partial charge on any atom is -0.497 e. The third-order valence-electron chi connectivity index (χ3n) is 5.00. The quantitative estimate of drug-likeness (QED) is 0.356. The molecule has 3 N–H and O–H groups in total. The number of carbonyl (C=O) groups excluding carboxylic acids is 2. The Labute approximate surface area is 188 Å². The lowest BCUT2D eigenvalue weighted by Gasteiger charge is -2.12. The summed E-state index contributed by atoms with van der Waals surface area (Å²) in [5.74, 6) is 0.258.